The molecule has 126 valence electrons. The van der Waals surface area contributed by atoms with E-state index in [2.05, 4.69) is 24.7 Å². The molecule has 0 spiro atoms. The van der Waals surface area contributed by atoms with Gasteiger partial charge in [0.25, 0.3) is 0 Å². The molecule has 0 bridgehead atoms. The summed E-state index contributed by atoms with van der Waals surface area (Å²) in [5.41, 5.74) is 14.0. The van der Waals surface area contributed by atoms with Crippen molar-refractivity contribution in [1.29, 1.82) is 0 Å². The molecule has 0 fully saturated rings. The van der Waals surface area contributed by atoms with Crippen molar-refractivity contribution in [3.05, 3.63) is 23.1 Å². The van der Waals surface area contributed by atoms with Gasteiger partial charge < -0.3 is 24.8 Å². The molecule has 0 amide bonds. The number of nitrogen functional groups attached to an aromatic ring is 1. The van der Waals surface area contributed by atoms with E-state index in [1.54, 1.807) is 11.5 Å². The SMILES string of the molecule is C[C@H](Cn1cnc2c(N)ncnc21)OCP(=O)(O)O.[N-]=[N+]=NP. The van der Waals surface area contributed by atoms with Crippen LogP contribution in [0.5, 0.6) is 0 Å². The van der Waals surface area contributed by atoms with E-state index in [-0.39, 0.29) is 5.82 Å². The van der Waals surface area contributed by atoms with Crippen molar-refractivity contribution in [2.45, 2.75) is 19.6 Å². The van der Waals surface area contributed by atoms with Crippen LogP contribution in [0.2, 0.25) is 0 Å². The highest BCUT2D eigenvalue weighted by molar-refractivity contribution is 7.51. The van der Waals surface area contributed by atoms with Gasteiger partial charge in [0, 0.05) is 4.91 Å². The van der Waals surface area contributed by atoms with E-state index in [1.165, 1.54) is 12.7 Å². The molecule has 0 saturated heterocycles. The number of nitrogens with two attached hydrogens (primary N) is 1. The van der Waals surface area contributed by atoms with Crippen LogP contribution in [0.15, 0.2) is 17.5 Å². The predicted octanol–water partition coefficient (Wildman–Crippen LogP) is 1.04. The van der Waals surface area contributed by atoms with Gasteiger partial charge in [0.05, 0.1) is 19.0 Å². The van der Waals surface area contributed by atoms with E-state index in [4.69, 9.17) is 25.8 Å². The Morgan fingerprint density at radius 2 is 2.22 bits per heavy atom. The van der Waals surface area contributed by atoms with Crippen LogP contribution in [-0.2, 0) is 15.8 Å². The number of hydrogen-bond donors (Lipinski definition) is 3. The molecular weight excluding hydrogens is 346 g/mol. The fourth-order valence-corrected chi connectivity index (χ4v) is 2.04. The highest BCUT2D eigenvalue weighted by Crippen LogP contribution is 2.34. The fourth-order valence-electron chi connectivity index (χ4n) is 1.59. The summed E-state index contributed by atoms with van der Waals surface area (Å²) < 4.78 is 17.5. The predicted molar refractivity (Wildman–Crippen MR) is 86.0 cm³/mol. The van der Waals surface area contributed by atoms with Crippen LogP contribution in [0, 0.1) is 0 Å². The molecule has 14 heteroatoms. The van der Waals surface area contributed by atoms with Crippen molar-refractivity contribution in [2.24, 2.45) is 4.88 Å². The Bertz CT molecular complexity index is 740. The molecule has 0 aliphatic heterocycles. The van der Waals surface area contributed by atoms with Crippen molar-refractivity contribution in [1.82, 2.24) is 19.5 Å². The van der Waals surface area contributed by atoms with Crippen LogP contribution < -0.4 is 5.73 Å². The molecule has 12 nitrogen and oxygen atoms in total. The van der Waals surface area contributed by atoms with E-state index in [0.717, 1.165) is 0 Å². The average molecular weight is 362 g/mol. The molecule has 0 aromatic carbocycles. The van der Waals surface area contributed by atoms with Crippen molar-refractivity contribution < 1.29 is 19.1 Å². The fraction of sp³-hybridized carbons (Fsp3) is 0.444. The van der Waals surface area contributed by atoms with Crippen molar-refractivity contribution >= 4 is 34.0 Å². The quantitative estimate of drug-likeness (QED) is 0.304. The summed E-state index contributed by atoms with van der Waals surface area (Å²) in [5, 5.41) is 0. The molecule has 2 aromatic heterocycles. The highest BCUT2D eigenvalue weighted by Gasteiger charge is 2.16. The van der Waals surface area contributed by atoms with Gasteiger partial charge in [-0.1, -0.05) is 4.88 Å². The molecule has 2 atom stereocenters. The number of rotatable bonds is 5. The largest absolute Gasteiger partial charge is 0.382 e. The van der Waals surface area contributed by atoms with Crippen LogP contribution in [0.25, 0.3) is 21.6 Å². The van der Waals surface area contributed by atoms with Crippen LogP contribution in [-0.4, -0.2) is 41.8 Å². The molecule has 2 aromatic rings. The average Bonchev–Trinajstić information content (AvgIpc) is 2.89. The zero-order chi connectivity index (χ0) is 17.5. The molecule has 0 saturated carbocycles. The Morgan fingerprint density at radius 1 is 1.57 bits per heavy atom. The smallest absolute Gasteiger partial charge is 0.350 e. The second kappa shape index (κ2) is 8.73. The molecule has 1 unspecified atom stereocenters. The molecular formula is C9H16N8O4P2. The summed E-state index contributed by atoms with van der Waals surface area (Å²) in [4.78, 5) is 34.6. The topological polar surface area (TPSA) is 185 Å². The van der Waals surface area contributed by atoms with E-state index in [1.807, 2.05) is 9.39 Å². The van der Waals surface area contributed by atoms with E-state index in [0.29, 0.717) is 17.7 Å². The minimum Gasteiger partial charge on any atom is -0.382 e. The Hall–Kier alpha value is -1.80. The molecule has 2 rings (SSSR count). The lowest BCUT2D eigenvalue weighted by Gasteiger charge is -2.14. The highest BCUT2D eigenvalue weighted by atomic mass is 31.2. The van der Waals surface area contributed by atoms with Crippen LogP contribution >= 0.6 is 17.0 Å². The Balaban J connectivity index is 0.000000593. The Morgan fingerprint density at radius 3 is 2.78 bits per heavy atom. The Labute approximate surface area is 133 Å². The summed E-state index contributed by atoms with van der Waals surface area (Å²) >= 11 is 0. The third kappa shape index (κ3) is 6.45. The first-order valence-electron chi connectivity index (χ1n) is 6.10. The van der Waals surface area contributed by atoms with E-state index >= 15 is 0 Å². The van der Waals surface area contributed by atoms with E-state index in [9.17, 15) is 4.57 Å². The second-order valence-electron chi connectivity index (χ2n) is 4.30. The van der Waals surface area contributed by atoms with Gasteiger partial charge in [0.2, 0.25) is 0 Å². The van der Waals surface area contributed by atoms with Crippen LogP contribution in [0.4, 0.5) is 5.82 Å². The first-order chi connectivity index (χ1) is 10.8. The minimum absolute atomic E-state index is 0.285. The van der Waals surface area contributed by atoms with Crippen molar-refractivity contribution in [2.75, 3.05) is 12.1 Å². The third-order valence-corrected chi connectivity index (χ3v) is 3.05. The maximum atomic E-state index is 10.7. The van der Waals surface area contributed by atoms with Crippen LogP contribution in [0.1, 0.15) is 6.92 Å². The van der Waals surface area contributed by atoms with Gasteiger partial charge in [0.1, 0.15) is 18.2 Å². The maximum absolute atomic E-state index is 10.7. The number of fused-ring (bicyclic) bond motifs is 1. The Kier molecular flexibility index (Phi) is 7.31. The maximum Gasteiger partial charge on any atom is 0.350 e. The normalized spacial score (nSPS) is 12.2. The summed E-state index contributed by atoms with van der Waals surface area (Å²) in [5.74, 6) is 0.285. The van der Waals surface area contributed by atoms with Gasteiger partial charge >= 0.3 is 7.60 Å². The molecule has 2 heterocycles. The second-order valence-corrected chi connectivity index (χ2v) is 6.12. The lowest BCUT2D eigenvalue weighted by Crippen LogP contribution is -2.17. The number of hydrogen-bond acceptors (Lipinski definition) is 7. The van der Waals surface area contributed by atoms with Gasteiger partial charge in [-0.2, -0.15) is 0 Å². The first-order valence-corrected chi connectivity index (χ1v) is 8.41. The molecule has 0 radical (unpaired) electrons. The van der Waals surface area contributed by atoms with Crippen LogP contribution in [0.3, 0.4) is 0 Å². The lowest BCUT2D eigenvalue weighted by atomic mass is 10.4. The van der Waals surface area contributed by atoms with Gasteiger partial charge in [-0.05, 0) is 21.8 Å². The van der Waals surface area contributed by atoms with Crippen molar-refractivity contribution in [3.63, 3.8) is 0 Å². The number of nitrogens with zero attached hydrogens (tertiary/aromatic N) is 7. The minimum atomic E-state index is -4.16. The standard InChI is InChI=1S/C9H14N5O4P.H2N3P/c1-6(18-5-19(15,16)17)2-14-4-13-7-8(10)11-3-12-9(7)14;1-2-3-4/h3-4,6H,2,5H2,1H3,(H2,10,11,12)(H2,15,16,17);4H2/t6-;/m1./s1. The molecule has 23 heavy (non-hydrogen) atoms. The summed E-state index contributed by atoms with van der Waals surface area (Å²) in [6, 6.07) is 0. The first kappa shape index (κ1) is 19.2. The number of aromatic nitrogens is 4. The summed E-state index contributed by atoms with van der Waals surface area (Å²) in [7, 11) is -2.29. The summed E-state index contributed by atoms with van der Waals surface area (Å²) in [6.07, 6.45) is 1.85. The molecule has 0 aliphatic carbocycles. The zero-order valence-electron chi connectivity index (χ0n) is 12.1. The van der Waals surface area contributed by atoms with E-state index < -0.39 is 20.0 Å². The van der Waals surface area contributed by atoms with Gasteiger partial charge in [-0.3, -0.25) is 4.57 Å². The lowest BCUT2D eigenvalue weighted by molar-refractivity contribution is 0.0764. The monoisotopic (exact) mass is 362 g/mol. The number of azide groups is 1. The number of imidazole rings is 1. The van der Waals surface area contributed by atoms with Gasteiger partial charge in [0.15, 0.2) is 11.5 Å². The zero-order valence-corrected chi connectivity index (χ0v) is 14.1. The molecule has 0 aliphatic rings. The van der Waals surface area contributed by atoms with Gasteiger partial charge in [-0.15, -0.1) is 0 Å². The number of ether oxygens (including phenoxy) is 1. The third-order valence-electron chi connectivity index (χ3n) is 2.46. The van der Waals surface area contributed by atoms with Gasteiger partial charge in [-0.25, -0.2) is 15.0 Å². The summed E-state index contributed by atoms with van der Waals surface area (Å²) in [6.45, 7) is 2.05. The van der Waals surface area contributed by atoms with Crippen molar-refractivity contribution in [3.8, 4) is 0 Å². The molecule has 4 N–H and O–H groups in total. The number of anilines is 1.